The summed E-state index contributed by atoms with van der Waals surface area (Å²) in [5, 5.41) is 9.16. The number of carbonyl (C=O) groups is 2. The lowest BCUT2D eigenvalue weighted by atomic mass is 10.1. The molecule has 2 aromatic heterocycles. The number of nitrogens with one attached hydrogen (secondary N) is 3. The highest BCUT2D eigenvalue weighted by molar-refractivity contribution is 9.10. The Morgan fingerprint density at radius 2 is 1.91 bits per heavy atom. The van der Waals surface area contributed by atoms with Gasteiger partial charge in [-0.1, -0.05) is 28.1 Å². The number of nitrogens with zero attached hydrogens (tertiary/aromatic N) is 4. The fraction of sp³-hybridized carbons (Fsp3) is 0.227. The summed E-state index contributed by atoms with van der Waals surface area (Å²) in [6.07, 6.45) is 3.36. The molecule has 3 N–H and O–H groups in total. The van der Waals surface area contributed by atoms with Crippen molar-refractivity contribution in [1.82, 2.24) is 20.3 Å². The highest BCUT2D eigenvalue weighted by Gasteiger charge is 2.34. The van der Waals surface area contributed by atoms with Gasteiger partial charge >= 0.3 is 0 Å². The highest BCUT2D eigenvalue weighted by atomic mass is 79.9. The van der Waals surface area contributed by atoms with Crippen LogP contribution < -0.4 is 20.9 Å². The molecule has 4 rings (SSSR count). The van der Waals surface area contributed by atoms with Crippen LogP contribution in [-0.4, -0.2) is 46.4 Å². The lowest BCUT2D eigenvalue weighted by Gasteiger charge is -2.17. The lowest BCUT2D eigenvalue weighted by Crippen LogP contribution is -2.35. The van der Waals surface area contributed by atoms with E-state index >= 15 is 0 Å². The first-order chi connectivity index (χ1) is 15.6. The number of hydrogen-bond acceptors (Lipinski definition) is 7. The van der Waals surface area contributed by atoms with Gasteiger partial charge in [0.2, 0.25) is 11.8 Å². The molecule has 0 saturated carbocycles. The van der Waals surface area contributed by atoms with E-state index in [1.165, 1.54) is 6.33 Å². The summed E-state index contributed by atoms with van der Waals surface area (Å²) in [4.78, 5) is 39.1. The van der Waals surface area contributed by atoms with Crippen molar-refractivity contribution in [1.29, 1.82) is 0 Å². The Labute approximate surface area is 193 Å². The van der Waals surface area contributed by atoms with E-state index < -0.39 is 0 Å². The Hall–Kier alpha value is -3.53. The van der Waals surface area contributed by atoms with E-state index in [-0.39, 0.29) is 24.2 Å². The lowest BCUT2D eigenvalue weighted by molar-refractivity contribution is -0.126. The van der Waals surface area contributed by atoms with Crippen molar-refractivity contribution in [3.63, 3.8) is 0 Å². The molecule has 1 aromatic carbocycles. The first kappa shape index (κ1) is 21.7. The largest absolute Gasteiger partial charge is 0.368 e. The number of benzene rings is 1. The monoisotopic (exact) mass is 495 g/mol. The average molecular weight is 496 g/mol. The van der Waals surface area contributed by atoms with Crippen molar-refractivity contribution >= 4 is 50.9 Å². The Balaban J connectivity index is 1.23. The summed E-state index contributed by atoms with van der Waals surface area (Å²) in [6, 6.07) is 14.8. The van der Waals surface area contributed by atoms with Gasteiger partial charge in [-0.25, -0.2) is 15.0 Å². The minimum absolute atomic E-state index is 0.0460. The van der Waals surface area contributed by atoms with Gasteiger partial charge in [-0.05, 0) is 30.3 Å². The molecule has 1 fully saturated rings. The second-order valence-electron chi connectivity index (χ2n) is 7.23. The molecule has 10 heteroatoms. The van der Waals surface area contributed by atoms with Crippen molar-refractivity contribution in [3.8, 4) is 0 Å². The number of pyridine rings is 1. The Morgan fingerprint density at radius 3 is 2.72 bits per heavy atom. The predicted molar refractivity (Wildman–Crippen MR) is 126 cm³/mol. The zero-order valence-corrected chi connectivity index (χ0v) is 18.7. The van der Waals surface area contributed by atoms with Crippen LogP contribution >= 0.6 is 15.9 Å². The fourth-order valence-corrected chi connectivity index (χ4v) is 3.77. The second kappa shape index (κ2) is 10.2. The maximum atomic E-state index is 12.5. The molecule has 9 nitrogen and oxygen atoms in total. The minimum Gasteiger partial charge on any atom is -0.368 e. The van der Waals surface area contributed by atoms with E-state index in [1.807, 2.05) is 42.5 Å². The van der Waals surface area contributed by atoms with Crippen molar-refractivity contribution < 1.29 is 9.59 Å². The third-order valence-corrected chi connectivity index (χ3v) is 5.43. The third kappa shape index (κ3) is 5.58. The molecule has 0 bridgehead atoms. The molecule has 1 aliphatic heterocycles. The van der Waals surface area contributed by atoms with Crippen LogP contribution in [0.4, 0.5) is 23.1 Å². The number of hydrogen-bond donors (Lipinski definition) is 3. The Bertz CT molecular complexity index is 1100. The summed E-state index contributed by atoms with van der Waals surface area (Å²) < 4.78 is 0.893. The van der Waals surface area contributed by atoms with E-state index in [9.17, 15) is 9.59 Å². The first-order valence-corrected chi connectivity index (χ1v) is 11.0. The normalized spacial score (nSPS) is 15.5. The molecule has 3 heterocycles. The minimum atomic E-state index is -0.366. The van der Waals surface area contributed by atoms with Gasteiger partial charge in [-0.15, -0.1) is 0 Å². The summed E-state index contributed by atoms with van der Waals surface area (Å²) in [5.74, 6) is 1.39. The number of aromatic nitrogens is 3. The maximum Gasteiger partial charge on any atom is 0.227 e. The molecule has 1 atom stereocenters. The van der Waals surface area contributed by atoms with Crippen molar-refractivity contribution in [2.75, 3.05) is 35.2 Å². The second-order valence-corrected chi connectivity index (χ2v) is 8.15. The average Bonchev–Trinajstić information content (AvgIpc) is 3.19. The molecule has 0 spiro atoms. The van der Waals surface area contributed by atoms with E-state index in [0.29, 0.717) is 37.1 Å². The van der Waals surface area contributed by atoms with Crippen LogP contribution in [0.25, 0.3) is 0 Å². The molecule has 1 aliphatic rings. The standard InChI is InChI=1S/C22H22BrN7O2/c23-16-4-3-5-17(11-16)30-13-15(10-21(30)31)22(32)26-9-8-25-19-12-20(28-14-27-19)29-18-6-1-2-7-24-18/h1-7,11-12,14-15H,8-10,13H2,(H,26,32)(H2,24,25,27,28,29). The number of carbonyl (C=O) groups excluding carboxylic acids is 2. The molecule has 1 saturated heterocycles. The third-order valence-electron chi connectivity index (χ3n) is 4.93. The van der Waals surface area contributed by atoms with E-state index in [0.717, 1.165) is 10.2 Å². The van der Waals surface area contributed by atoms with Gasteiger partial charge in [-0.3, -0.25) is 9.59 Å². The first-order valence-electron chi connectivity index (χ1n) is 10.2. The van der Waals surface area contributed by atoms with E-state index in [4.69, 9.17) is 0 Å². The topological polar surface area (TPSA) is 112 Å². The van der Waals surface area contributed by atoms with Gasteiger partial charge in [0.1, 0.15) is 23.8 Å². The van der Waals surface area contributed by atoms with Crippen LogP contribution in [0.5, 0.6) is 0 Å². The van der Waals surface area contributed by atoms with Crippen LogP contribution in [0.1, 0.15) is 6.42 Å². The van der Waals surface area contributed by atoms with Crippen molar-refractivity contribution in [3.05, 3.63) is 65.5 Å². The van der Waals surface area contributed by atoms with Gasteiger partial charge in [0, 0.05) is 48.5 Å². The fourth-order valence-electron chi connectivity index (χ4n) is 3.39. The molecule has 2 amide bonds. The van der Waals surface area contributed by atoms with Crippen LogP contribution in [0.2, 0.25) is 0 Å². The van der Waals surface area contributed by atoms with E-state index in [1.54, 1.807) is 17.2 Å². The Kier molecular flexibility index (Phi) is 6.90. The Morgan fingerprint density at radius 1 is 1.03 bits per heavy atom. The SMILES string of the molecule is O=C(NCCNc1cc(Nc2ccccn2)ncn1)C1CC(=O)N(c2cccc(Br)c2)C1. The molecule has 0 radical (unpaired) electrons. The molecule has 164 valence electrons. The van der Waals surface area contributed by atoms with Crippen molar-refractivity contribution in [2.45, 2.75) is 6.42 Å². The summed E-state index contributed by atoms with van der Waals surface area (Å²) in [6.45, 7) is 1.28. The summed E-state index contributed by atoms with van der Waals surface area (Å²) in [5.41, 5.74) is 0.792. The van der Waals surface area contributed by atoms with Gasteiger partial charge in [0.05, 0.1) is 5.92 Å². The van der Waals surface area contributed by atoms with Crippen LogP contribution in [0.15, 0.2) is 65.5 Å². The molecule has 1 unspecified atom stereocenters. The molecule has 3 aromatic rings. The zero-order chi connectivity index (χ0) is 22.3. The number of anilines is 4. The molecule has 32 heavy (non-hydrogen) atoms. The summed E-state index contributed by atoms with van der Waals surface area (Å²) in [7, 11) is 0. The van der Waals surface area contributed by atoms with Crippen LogP contribution in [-0.2, 0) is 9.59 Å². The van der Waals surface area contributed by atoms with Crippen LogP contribution in [0, 0.1) is 5.92 Å². The number of amides is 2. The molecule has 0 aliphatic carbocycles. The predicted octanol–water partition coefficient (Wildman–Crippen LogP) is 2.96. The molecular formula is C22H22BrN7O2. The summed E-state index contributed by atoms with van der Waals surface area (Å²) >= 11 is 3.42. The van der Waals surface area contributed by atoms with Gasteiger partial charge in [0.25, 0.3) is 0 Å². The van der Waals surface area contributed by atoms with Crippen molar-refractivity contribution in [2.24, 2.45) is 5.92 Å². The highest BCUT2D eigenvalue weighted by Crippen LogP contribution is 2.27. The van der Waals surface area contributed by atoms with Gasteiger partial charge in [-0.2, -0.15) is 0 Å². The van der Waals surface area contributed by atoms with E-state index in [2.05, 4.69) is 46.8 Å². The maximum absolute atomic E-state index is 12.5. The quantitative estimate of drug-likeness (QED) is 0.411. The number of rotatable bonds is 8. The zero-order valence-electron chi connectivity index (χ0n) is 17.2. The van der Waals surface area contributed by atoms with Crippen LogP contribution in [0.3, 0.4) is 0 Å². The van der Waals surface area contributed by atoms with Gasteiger partial charge < -0.3 is 20.9 Å². The molecular weight excluding hydrogens is 474 g/mol. The smallest absolute Gasteiger partial charge is 0.227 e. The van der Waals surface area contributed by atoms with Gasteiger partial charge in [0.15, 0.2) is 0 Å². The number of halogens is 1.